The molecule has 12 N–H and O–H groups in total. The summed E-state index contributed by atoms with van der Waals surface area (Å²) in [6.07, 6.45) is -22.1. The van der Waals surface area contributed by atoms with Crippen LogP contribution in [0.4, 0.5) is 0 Å². The molecule has 21 atom stereocenters. The minimum atomic E-state index is -2.44. The van der Waals surface area contributed by atoms with Crippen molar-refractivity contribution in [3.8, 4) is 0 Å². The van der Waals surface area contributed by atoms with Crippen molar-refractivity contribution in [1.82, 2.24) is 0 Å². The summed E-state index contributed by atoms with van der Waals surface area (Å²) in [5.74, 6) is -2.31. The maximum Gasteiger partial charge on any atom is 0.216 e. The number of hydrogen-bond donors (Lipinski definition) is 11. The minimum absolute atomic E-state index is 0.0332. The van der Waals surface area contributed by atoms with Gasteiger partial charge in [0.05, 0.1) is 32.5 Å². The minimum Gasteiger partial charge on any atom is -0.394 e. The first kappa shape index (κ1) is 37.9. The van der Waals surface area contributed by atoms with Crippen molar-refractivity contribution in [3.05, 3.63) is 0 Å². The zero-order chi connectivity index (χ0) is 36.0. The van der Waals surface area contributed by atoms with E-state index in [1.54, 1.807) is 0 Å². The Balaban J connectivity index is 1.20. The molecular formula is C29H49NO19. The number of aliphatic hydroxyl groups is 10. The average Bonchev–Trinajstić information content (AvgIpc) is 3.52. The highest BCUT2D eigenvalue weighted by atomic mass is 16.8. The highest BCUT2D eigenvalue weighted by Gasteiger charge is 2.75. The molecule has 49 heavy (non-hydrogen) atoms. The molecule has 6 aliphatic rings. The van der Waals surface area contributed by atoms with Crippen LogP contribution in [0.3, 0.4) is 0 Å². The third-order valence-corrected chi connectivity index (χ3v) is 11.2. The molecule has 0 radical (unpaired) electrons. The van der Waals surface area contributed by atoms with Gasteiger partial charge in [0.15, 0.2) is 18.9 Å². The number of ether oxygens (including phenoxy) is 9. The number of rotatable bonds is 9. The maximum atomic E-state index is 11.8. The smallest absolute Gasteiger partial charge is 0.216 e. The monoisotopic (exact) mass is 715 g/mol. The van der Waals surface area contributed by atoms with Crippen LogP contribution >= 0.6 is 0 Å². The Morgan fingerprint density at radius 3 is 1.88 bits per heavy atom. The van der Waals surface area contributed by atoms with Crippen LogP contribution in [0.1, 0.15) is 27.7 Å². The second-order valence-corrected chi connectivity index (χ2v) is 14.2. The topological polar surface area (TPSA) is 311 Å². The average molecular weight is 716 g/mol. The molecule has 0 aromatic carbocycles. The fourth-order valence-electron chi connectivity index (χ4n) is 7.72. The van der Waals surface area contributed by atoms with Gasteiger partial charge in [0.1, 0.15) is 96.2 Å². The summed E-state index contributed by atoms with van der Waals surface area (Å²) in [6, 6.07) is -1.22. The molecule has 20 heteroatoms. The Morgan fingerprint density at radius 2 is 1.29 bits per heavy atom. The van der Waals surface area contributed by atoms with E-state index in [1.807, 2.05) is 0 Å². The molecule has 0 aromatic heterocycles. The second kappa shape index (κ2) is 13.2. The summed E-state index contributed by atoms with van der Waals surface area (Å²) in [5, 5.41) is 108. The first-order chi connectivity index (χ1) is 22.8. The fraction of sp³-hybridized carbons (Fsp3) is 1.00. The van der Waals surface area contributed by atoms with E-state index in [0.717, 1.165) is 13.8 Å². The highest BCUT2D eigenvalue weighted by Crippen LogP contribution is 2.52. The molecule has 20 nitrogen and oxygen atoms in total. The van der Waals surface area contributed by atoms with E-state index < -0.39 is 140 Å². The molecule has 6 rings (SSSR count). The molecule has 6 heterocycles. The summed E-state index contributed by atoms with van der Waals surface area (Å²) in [7, 11) is 0. The van der Waals surface area contributed by atoms with Crippen LogP contribution in [0.15, 0.2) is 0 Å². The molecule has 0 aliphatic carbocycles. The molecule has 0 amide bonds. The molecule has 0 saturated carbocycles. The molecule has 1 unspecified atom stereocenters. The van der Waals surface area contributed by atoms with Crippen LogP contribution in [0.25, 0.3) is 0 Å². The number of hydrogen-bond acceptors (Lipinski definition) is 20. The first-order valence-electron chi connectivity index (χ1n) is 16.3. The SMILES string of the molecule is CC(N)[C@]1(O[C@@H]2[C@H]3OC[C@@H]2O[C@@H](O[C@@H]2[C@@H](O)[C@H](O[C@@H]4[C@H]5OC[C@@H]4O[C@@H](O)[C@H]5O)O[C@H](CO)[C@H]2O)[C@H]3O)O[C@H](CO)[C@@](C)(O)[C@](C)(O)[C@@]1(C)O. The maximum absolute atomic E-state index is 11.8. The third kappa shape index (κ3) is 5.69. The highest BCUT2D eigenvalue weighted by molar-refractivity contribution is 5.21. The van der Waals surface area contributed by atoms with Crippen LogP contribution < -0.4 is 5.73 Å². The van der Waals surface area contributed by atoms with E-state index in [9.17, 15) is 51.1 Å². The van der Waals surface area contributed by atoms with E-state index in [4.69, 9.17) is 48.4 Å². The number of aliphatic hydroxyl groups excluding tert-OH is 7. The molecule has 6 aliphatic heterocycles. The number of fused-ring (bicyclic) bond motifs is 4. The van der Waals surface area contributed by atoms with Crippen molar-refractivity contribution in [2.75, 3.05) is 26.4 Å². The van der Waals surface area contributed by atoms with Gasteiger partial charge in [-0.05, 0) is 27.7 Å². The first-order valence-corrected chi connectivity index (χ1v) is 16.3. The van der Waals surface area contributed by atoms with Crippen LogP contribution in [0.5, 0.6) is 0 Å². The van der Waals surface area contributed by atoms with Crippen LogP contribution in [-0.4, -0.2) is 204 Å². The van der Waals surface area contributed by atoms with E-state index in [0.29, 0.717) is 0 Å². The lowest BCUT2D eigenvalue weighted by Gasteiger charge is -2.64. The number of nitrogens with two attached hydrogens (primary N) is 1. The lowest BCUT2D eigenvalue weighted by atomic mass is 9.63. The van der Waals surface area contributed by atoms with Crippen molar-refractivity contribution < 1.29 is 93.7 Å². The lowest BCUT2D eigenvalue weighted by Crippen LogP contribution is -2.85. The molecular weight excluding hydrogens is 666 g/mol. The summed E-state index contributed by atoms with van der Waals surface area (Å²) in [5.41, 5.74) is -0.692. The normalized spacial score (nSPS) is 58.1. The van der Waals surface area contributed by atoms with Crippen molar-refractivity contribution in [2.24, 2.45) is 5.73 Å². The molecule has 284 valence electrons. The van der Waals surface area contributed by atoms with Gasteiger partial charge < -0.3 is 99.4 Å². The Hall–Kier alpha value is -0.800. The Kier molecular flexibility index (Phi) is 10.3. The van der Waals surface area contributed by atoms with Crippen molar-refractivity contribution in [3.63, 3.8) is 0 Å². The van der Waals surface area contributed by atoms with Gasteiger partial charge in [0, 0.05) is 0 Å². The van der Waals surface area contributed by atoms with Gasteiger partial charge in [0.2, 0.25) is 5.79 Å². The summed E-state index contributed by atoms with van der Waals surface area (Å²) < 4.78 is 52.2. The van der Waals surface area contributed by atoms with Gasteiger partial charge in [-0.25, -0.2) is 0 Å². The lowest BCUT2D eigenvalue weighted by molar-refractivity contribution is -0.458. The third-order valence-electron chi connectivity index (χ3n) is 11.2. The van der Waals surface area contributed by atoms with Crippen LogP contribution in [-0.2, 0) is 42.6 Å². The Labute approximate surface area is 280 Å². The van der Waals surface area contributed by atoms with Gasteiger partial charge in [-0.15, -0.1) is 0 Å². The molecule has 4 bridgehead atoms. The van der Waals surface area contributed by atoms with E-state index in [-0.39, 0.29) is 13.2 Å². The summed E-state index contributed by atoms with van der Waals surface area (Å²) in [6.45, 7) is 3.15. The van der Waals surface area contributed by atoms with Gasteiger partial charge >= 0.3 is 0 Å². The van der Waals surface area contributed by atoms with E-state index in [2.05, 4.69) is 0 Å². The fourth-order valence-corrected chi connectivity index (χ4v) is 7.72. The predicted octanol–water partition coefficient (Wildman–Crippen LogP) is -6.77. The zero-order valence-electron chi connectivity index (χ0n) is 27.4. The molecule has 6 saturated heterocycles. The molecule has 0 spiro atoms. The standard InChI is InChI=1S/C29H49NO19/c1-9(30)29(28(4,40)27(3,39)26(2,38)13(6-32)48-29)49-19-12-8-42-22(19)17(36)25(45-12)47-20-14(33)10(5-31)44-24(16(20)35)46-18-11-7-41-21(18)15(34)23(37)43-11/h9-25,31-40H,5-8,30H2,1-4H3/t9?,10-,11+,12+,13-,14-,15+,16-,17+,18+,19+,20+,21+,22+,23-,24+,25+,26-,27+,28-,29-/m1/s1. The summed E-state index contributed by atoms with van der Waals surface area (Å²) in [4.78, 5) is 0. The predicted molar refractivity (Wildman–Crippen MR) is 154 cm³/mol. The zero-order valence-corrected chi connectivity index (χ0v) is 27.4. The van der Waals surface area contributed by atoms with Crippen LogP contribution in [0.2, 0.25) is 0 Å². The second-order valence-electron chi connectivity index (χ2n) is 14.2. The van der Waals surface area contributed by atoms with Gasteiger partial charge in [-0.2, -0.15) is 0 Å². The van der Waals surface area contributed by atoms with Gasteiger partial charge in [-0.1, -0.05) is 0 Å². The van der Waals surface area contributed by atoms with Gasteiger partial charge in [0.25, 0.3) is 0 Å². The molecule has 0 aromatic rings. The largest absolute Gasteiger partial charge is 0.394 e. The van der Waals surface area contributed by atoms with Crippen molar-refractivity contribution in [2.45, 2.75) is 155 Å². The Bertz CT molecular complexity index is 1180. The van der Waals surface area contributed by atoms with Crippen molar-refractivity contribution >= 4 is 0 Å². The van der Waals surface area contributed by atoms with E-state index >= 15 is 0 Å². The summed E-state index contributed by atoms with van der Waals surface area (Å²) >= 11 is 0. The van der Waals surface area contributed by atoms with Crippen LogP contribution in [0, 0.1) is 0 Å². The van der Waals surface area contributed by atoms with E-state index in [1.165, 1.54) is 13.8 Å². The molecule has 6 fully saturated rings. The van der Waals surface area contributed by atoms with Gasteiger partial charge in [-0.3, -0.25) is 0 Å². The van der Waals surface area contributed by atoms with Crippen molar-refractivity contribution in [1.29, 1.82) is 0 Å². The quantitative estimate of drug-likeness (QED) is 0.106. The Morgan fingerprint density at radius 1 is 0.714 bits per heavy atom.